The lowest BCUT2D eigenvalue weighted by molar-refractivity contribution is -0.383. The van der Waals surface area contributed by atoms with Crippen LogP contribution in [0.2, 0.25) is 0 Å². The molecule has 0 spiro atoms. The maximum atomic E-state index is 13.8. The molecule has 0 radical (unpaired) electrons. The number of aromatic nitrogens is 1. The molecule has 1 aromatic heterocycles. The summed E-state index contributed by atoms with van der Waals surface area (Å²) in [4.78, 5) is 32.1. The van der Waals surface area contributed by atoms with Gasteiger partial charge in [0.15, 0.2) is 5.75 Å². The van der Waals surface area contributed by atoms with Crippen LogP contribution in [0, 0.1) is 10.1 Å². The van der Waals surface area contributed by atoms with Gasteiger partial charge in [0.1, 0.15) is 17.3 Å². The van der Waals surface area contributed by atoms with Crippen molar-refractivity contribution in [3.05, 3.63) is 70.9 Å². The van der Waals surface area contributed by atoms with Crippen molar-refractivity contribution in [2.24, 2.45) is 0 Å². The summed E-state index contributed by atoms with van der Waals surface area (Å²) in [5, 5.41) is 20.9. The largest absolute Gasteiger partial charge is 0.539 e. The molecule has 12 heteroatoms. The second kappa shape index (κ2) is 9.09. The van der Waals surface area contributed by atoms with E-state index in [0.29, 0.717) is 4.83 Å². The van der Waals surface area contributed by atoms with E-state index in [4.69, 9.17) is 13.9 Å². The normalized spacial score (nSPS) is 14.0. The first-order valence-electron chi connectivity index (χ1n) is 8.90. The van der Waals surface area contributed by atoms with Crippen molar-refractivity contribution in [2.45, 2.75) is 13.0 Å². The summed E-state index contributed by atoms with van der Waals surface area (Å²) in [6.45, 7) is 1.24. The number of hydrogen-bond acceptors (Lipinski definition) is 8. The molecule has 2 unspecified atom stereocenters. The van der Waals surface area contributed by atoms with Crippen LogP contribution < -0.4 is 9.05 Å². The maximum absolute atomic E-state index is 13.8. The number of nitro groups is 1. The fourth-order valence-electron chi connectivity index (χ4n) is 2.77. The number of para-hydroxylation sites is 1. The first kappa shape index (κ1) is 22.2. The van der Waals surface area contributed by atoms with Gasteiger partial charge in [0, 0.05) is 12.3 Å². The van der Waals surface area contributed by atoms with Crippen molar-refractivity contribution in [3.8, 4) is 11.5 Å². The van der Waals surface area contributed by atoms with Gasteiger partial charge in [0.2, 0.25) is 0 Å². The maximum Gasteiger partial charge on any atom is 0.539 e. The number of pyridine rings is 1. The molecule has 0 aliphatic rings. The molecule has 3 rings (SSSR count). The number of benzene rings is 2. The molecule has 0 saturated carbocycles. The van der Waals surface area contributed by atoms with Crippen molar-refractivity contribution in [2.75, 3.05) is 7.11 Å². The van der Waals surface area contributed by atoms with Crippen LogP contribution in [0.3, 0.4) is 0 Å². The quantitative estimate of drug-likeness (QED) is 0.290. The van der Waals surface area contributed by atoms with Crippen molar-refractivity contribution < 1.29 is 33.3 Å². The van der Waals surface area contributed by atoms with Crippen LogP contribution in [-0.4, -0.2) is 39.0 Å². The van der Waals surface area contributed by atoms with E-state index < -0.39 is 24.7 Å². The van der Waals surface area contributed by atoms with Crippen LogP contribution in [-0.2, 0) is 14.2 Å². The highest BCUT2D eigenvalue weighted by molar-refractivity contribution is 7.52. The fraction of sp³-hybridized carbons (Fsp3) is 0.158. The lowest BCUT2D eigenvalue weighted by atomic mass is 10.2. The Balaban J connectivity index is 2.13. The van der Waals surface area contributed by atoms with E-state index in [9.17, 15) is 24.6 Å². The fourth-order valence-corrected chi connectivity index (χ4v) is 4.47. The zero-order valence-corrected chi connectivity index (χ0v) is 17.3. The molecule has 0 aliphatic carbocycles. The summed E-state index contributed by atoms with van der Waals surface area (Å²) >= 11 is 0. The molecule has 3 aromatic rings. The van der Waals surface area contributed by atoms with E-state index >= 15 is 0 Å². The Morgan fingerprint density at radius 1 is 1.16 bits per heavy atom. The van der Waals surface area contributed by atoms with E-state index in [2.05, 4.69) is 4.98 Å². The van der Waals surface area contributed by atoms with Gasteiger partial charge in [-0.3, -0.25) is 24.7 Å². The lowest BCUT2D eigenvalue weighted by Crippen LogP contribution is -2.38. The smallest absolute Gasteiger partial charge is 0.480 e. The molecular weight excluding hydrogens is 429 g/mol. The molecular formula is C19H18N3O8P. The summed E-state index contributed by atoms with van der Waals surface area (Å²) in [5.74, 6) is -1.32. The Labute approximate surface area is 176 Å². The highest BCUT2D eigenvalue weighted by Gasteiger charge is 2.44. The lowest BCUT2D eigenvalue weighted by Gasteiger charge is -2.30. The van der Waals surface area contributed by atoms with Crippen molar-refractivity contribution >= 4 is 30.3 Å². The molecule has 11 nitrogen and oxygen atoms in total. The molecule has 0 saturated heterocycles. The van der Waals surface area contributed by atoms with Crippen LogP contribution in [0.1, 0.15) is 6.92 Å². The summed E-state index contributed by atoms with van der Waals surface area (Å²) in [7, 11) is -3.39. The van der Waals surface area contributed by atoms with Crippen LogP contribution in [0.15, 0.2) is 60.8 Å². The summed E-state index contributed by atoms with van der Waals surface area (Å²) in [5.41, 5.74) is -0.177. The van der Waals surface area contributed by atoms with Crippen molar-refractivity contribution in [1.29, 1.82) is 0 Å². The van der Waals surface area contributed by atoms with Crippen LogP contribution in [0.25, 0.3) is 10.9 Å². The topological polar surface area (TPSA) is 141 Å². The van der Waals surface area contributed by atoms with Gasteiger partial charge < -0.3 is 14.2 Å². The number of hydroxylamine groups is 1. The number of hydrogen-bond donors (Lipinski definition) is 1. The number of fused-ring (bicyclic) bond motifs is 1. The van der Waals surface area contributed by atoms with Gasteiger partial charge >= 0.3 is 13.7 Å². The standard InChI is InChI=1S/C19H18N3O8P/c1-13(19(23)24)22(28-2)31(27,29-14-7-4-3-5-8-14)30-17-11-10-16(21(25)26)15-9-6-12-20-18(15)17/h3-13H,1-2H3,(H,23,24). The third-order valence-corrected chi connectivity index (χ3v) is 6.06. The van der Waals surface area contributed by atoms with Crippen molar-refractivity contribution in [1.82, 2.24) is 9.82 Å². The summed E-state index contributed by atoms with van der Waals surface area (Å²) in [6, 6.07) is 11.9. The Hall–Kier alpha value is -3.53. The minimum absolute atomic E-state index is 0.0487. The van der Waals surface area contributed by atoms with Gasteiger partial charge in [-0.25, -0.2) is 4.57 Å². The molecule has 2 aromatic carbocycles. The monoisotopic (exact) mass is 447 g/mol. The minimum Gasteiger partial charge on any atom is -0.480 e. The van der Waals surface area contributed by atoms with E-state index in [0.717, 1.165) is 7.11 Å². The Morgan fingerprint density at radius 2 is 1.87 bits per heavy atom. The number of carbonyl (C=O) groups is 1. The second-order valence-electron chi connectivity index (χ2n) is 6.20. The van der Waals surface area contributed by atoms with E-state index in [1.807, 2.05) is 0 Å². The highest BCUT2D eigenvalue weighted by atomic mass is 31.2. The molecule has 0 fully saturated rings. The van der Waals surface area contributed by atoms with Crippen LogP contribution in [0.4, 0.5) is 5.69 Å². The Kier molecular flexibility index (Phi) is 6.50. The van der Waals surface area contributed by atoms with Gasteiger partial charge in [-0.1, -0.05) is 23.0 Å². The molecule has 1 N–H and O–H groups in total. The number of nitro benzene ring substituents is 1. The summed E-state index contributed by atoms with van der Waals surface area (Å²) in [6.07, 6.45) is 1.38. The molecule has 0 bridgehead atoms. The predicted molar refractivity (Wildman–Crippen MR) is 110 cm³/mol. The third kappa shape index (κ3) is 4.64. The molecule has 0 amide bonds. The highest BCUT2D eigenvalue weighted by Crippen LogP contribution is 2.54. The molecule has 2 atom stereocenters. The average molecular weight is 447 g/mol. The second-order valence-corrected chi connectivity index (χ2v) is 7.90. The molecule has 31 heavy (non-hydrogen) atoms. The average Bonchev–Trinajstić information content (AvgIpc) is 2.74. The predicted octanol–water partition coefficient (Wildman–Crippen LogP) is 4.05. The zero-order valence-electron chi connectivity index (χ0n) is 16.4. The van der Waals surface area contributed by atoms with Crippen LogP contribution >= 0.6 is 7.75 Å². The number of rotatable bonds is 9. The van der Waals surface area contributed by atoms with Gasteiger partial charge in [-0.15, -0.1) is 0 Å². The van der Waals surface area contributed by atoms with E-state index in [1.165, 1.54) is 49.5 Å². The van der Waals surface area contributed by atoms with E-state index in [1.54, 1.807) is 18.2 Å². The minimum atomic E-state index is -4.51. The van der Waals surface area contributed by atoms with Crippen LogP contribution in [0.5, 0.6) is 11.5 Å². The summed E-state index contributed by atoms with van der Waals surface area (Å²) < 4.78 is 25.1. The molecule has 0 aliphatic heterocycles. The number of non-ortho nitro benzene ring substituents is 1. The molecule has 1 heterocycles. The van der Waals surface area contributed by atoms with Gasteiger partial charge in [-0.05, 0) is 37.3 Å². The number of nitrogens with zero attached hydrogens (tertiary/aromatic N) is 3. The first-order valence-corrected chi connectivity index (χ1v) is 10.4. The zero-order chi connectivity index (χ0) is 22.6. The first-order chi connectivity index (χ1) is 14.8. The molecule has 162 valence electrons. The van der Waals surface area contributed by atoms with Crippen molar-refractivity contribution in [3.63, 3.8) is 0 Å². The van der Waals surface area contributed by atoms with E-state index in [-0.39, 0.29) is 28.1 Å². The Morgan fingerprint density at radius 3 is 2.48 bits per heavy atom. The SMILES string of the molecule is CON(C(C)C(=O)O)P(=O)(Oc1ccccc1)Oc1ccc([N+](=O)[O-])c2cccnc12. The van der Waals surface area contributed by atoms with Gasteiger partial charge in [0.25, 0.3) is 5.69 Å². The number of carboxylic acid groups (broad SMARTS) is 1. The Bertz CT molecular complexity index is 1160. The van der Waals surface area contributed by atoms with Gasteiger partial charge in [-0.2, -0.15) is 0 Å². The number of aliphatic carboxylic acids is 1. The number of carboxylic acids is 1. The third-order valence-electron chi connectivity index (χ3n) is 4.20. The van der Waals surface area contributed by atoms with Gasteiger partial charge in [0.05, 0.1) is 17.4 Å².